The molecule has 34 heavy (non-hydrogen) atoms. The molecule has 5 aliphatic rings. The number of allylic oxidation sites excluding steroid dienone is 2. The van der Waals surface area contributed by atoms with Crippen LogP contribution in [0, 0.1) is 50.2 Å². The van der Waals surface area contributed by atoms with E-state index in [1.165, 1.54) is 0 Å². The molecule has 0 aromatic heterocycles. The highest BCUT2D eigenvalue weighted by Gasteiger charge is 2.70. The zero-order valence-corrected chi connectivity index (χ0v) is 22.6. The normalized spacial score (nSPS) is 56.3. The summed E-state index contributed by atoms with van der Waals surface area (Å²) in [6.45, 7) is 16.2. The predicted octanol–water partition coefficient (Wildman–Crippen LogP) is 6.20. The number of aliphatic hydroxyl groups excluding tert-OH is 2. The summed E-state index contributed by atoms with van der Waals surface area (Å²) < 4.78 is 0. The first-order valence-electron chi connectivity index (χ1n) is 13.9. The SMILES string of the molecule is CC1(C)C[C@@H](O)[C@]2(C)CC[C@]3(C)C(=CCC4[C@@]5(C)CC[C@H](O)[C@](C)(C(=O)O)[C@@H]5CC[C@]43C)[C@@H]2C1. The summed E-state index contributed by atoms with van der Waals surface area (Å²) in [6, 6.07) is 0. The molecule has 5 rings (SSSR count). The van der Waals surface area contributed by atoms with Crippen LogP contribution in [0.2, 0.25) is 0 Å². The van der Waals surface area contributed by atoms with Crippen molar-refractivity contribution in [3.63, 3.8) is 0 Å². The molecule has 0 amide bonds. The maximum atomic E-state index is 12.5. The lowest BCUT2D eigenvalue weighted by Crippen LogP contribution is -2.66. The highest BCUT2D eigenvalue weighted by atomic mass is 16.4. The van der Waals surface area contributed by atoms with Crippen molar-refractivity contribution in [3.05, 3.63) is 11.6 Å². The molecule has 192 valence electrons. The van der Waals surface area contributed by atoms with Gasteiger partial charge in [0, 0.05) is 5.41 Å². The fourth-order valence-corrected chi connectivity index (χ4v) is 10.7. The monoisotopic (exact) mass is 472 g/mol. The van der Waals surface area contributed by atoms with E-state index in [0.717, 1.165) is 51.4 Å². The minimum atomic E-state index is -1.07. The summed E-state index contributed by atoms with van der Waals surface area (Å²) in [5, 5.41) is 32.4. The predicted molar refractivity (Wildman–Crippen MR) is 134 cm³/mol. The van der Waals surface area contributed by atoms with Crippen LogP contribution in [0.3, 0.4) is 0 Å². The number of carbonyl (C=O) groups is 1. The average molecular weight is 473 g/mol. The molecular weight excluding hydrogens is 424 g/mol. The van der Waals surface area contributed by atoms with E-state index >= 15 is 0 Å². The molecule has 5 aliphatic carbocycles. The minimum Gasteiger partial charge on any atom is -0.481 e. The van der Waals surface area contributed by atoms with Gasteiger partial charge in [0.05, 0.1) is 17.6 Å². The van der Waals surface area contributed by atoms with Gasteiger partial charge in [-0.2, -0.15) is 0 Å². The zero-order chi connectivity index (χ0) is 25.1. The van der Waals surface area contributed by atoms with Gasteiger partial charge in [-0.05, 0) is 104 Å². The van der Waals surface area contributed by atoms with Crippen molar-refractivity contribution in [2.45, 2.75) is 118 Å². The molecule has 0 heterocycles. The van der Waals surface area contributed by atoms with E-state index < -0.39 is 17.5 Å². The number of aliphatic hydroxyl groups is 2. The zero-order valence-electron chi connectivity index (χ0n) is 22.6. The first-order chi connectivity index (χ1) is 15.6. The lowest BCUT2D eigenvalue weighted by molar-refractivity contribution is -0.219. The molecule has 3 N–H and O–H groups in total. The van der Waals surface area contributed by atoms with Crippen LogP contribution < -0.4 is 0 Å². The lowest BCUT2D eigenvalue weighted by Gasteiger charge is -2.71. The fourth-order valence-electron chi connectivity index (χ4n) is 10.7. The molecule has 0 saturated heterocycles. The topological polar surface area (TPSA) is 77.8 Å². The van der Waals surface area contributed by atoms with E-state index in [1.807, 2.05) is 6.92 Å². The van der Waals surface area contributed by atoms with Crippen molar-refractivity contribution in [3.8, 4) is 0 Å². The summed E-state index contributed by atoms with van der Waals surface area (Å²) in [6.07, 6.45) is 10.1. The van der Waals surface area contributed by atoms with Crippen LogP contribution >= 0.6 is 0 Å². The smallest absolute Gasteiger partial charge is 0.312 e. The number of hydrogen-bond donors (Lipinski definition) is 3. The van der Waals surface area contributed by atoms with Crippen LogP contribution in [-0.2, 0) is 4.79 Å². The molecule has 4 fully saturated rings. The van der Waals surface area contributed by atoms with E-state index in [1.54, 1.807) is 5.57 Å². The second-order valence-electron chi connectivity index (χ2n) is 15.1. The molecule has 4 saturated carbocycles. The minimum absolute atomic E-state index is 0.00201. The highest BCUT2D eigenvalue weighted by molar-refractivity contribution is 5.76. The van der Waals surface area contributed by atoms with Crippen molar-refractivity contribution in [1.82, 2.24) is 0 Å². The van der Waals surface area contributed by atoms with Gasteiger partial charge in [0.15, 0.2) is 0 Å². The van der Waals surface area contributed by atoms with Crippen molar-refractivity contribution in [2.24, 2.45) is 50.2 Å². The Bertz CT molecular complexity index is 923. The fraction of sp³-hybridized carbons (Fsp3) is 0.900. The number of rotatable bonds is 1. The van der Waals surface area contributed by atoms with Crippen LogP contribution in [0.25, 0.3) is 0 Å². The van der Waals surface area contributed by atoms with Gasteiger partial charge < -0.3 is 15.3 Å². The molecule has 0 bridgehead atoms. The van der Waals surface area contributed by atoms with Crippen LogP contribution in [0.5, 0.6) is 0 Å². The highest BCUT2D eigenvalue weighted by Crippen LogP contribution is 2.75. The third-order valence-electron chi connectivity index (χ3n) is 13.2. The van der Waals surface area contributed by atoms with Crippen LogP contribution in [-0.4, -0.2) is 33.5 Å². The van der Waals surface area contributed by atoms with Gasteiger partial charge >= 0.3 is 5.97 Å². The largest absolute Gasteiger partial charge is 0.481 e. The van der Waals surface area contributed by atoms with Crippen molar-refractivity contribution < 1.29 is 20.1 Å². The number of fused-ring (bicyclic) bond motifs is 7. The van der Waals surface area contributed by atoms with Gasteiger partial charge in [-0.25, -0.2) is 0 Å². The third kappa shape index (κ3) is 2.82. The summed E-state index contributed by atoms with van der Waals surface area (Å²) in [4.78, 5) is 12.5. The molecule has 1 unspecified atom stereocenters. The molecule has 0 spiro atoms. The maximum Gasteiger partial charge on any atom is 0.312 e. The molecule has 0 aromatic rings. The van der Waals surface area contributed by atoms with E-state index in [0.29, 0.717) is 18.3 Å². The Kier molecular flexibility index (Phi) is 5.20. The molecule has 0 aromatic carbocycles. The maximum absolute atomic E-state index is 12.5. The molecular formula is C30H48O4. The second kappa shape index (κ2) is 7.12. The summed E-state index contributed by atoms with van der Waals surface area (Å²) >= 11 is 0. The number of carboxylic acids is 1. The quantitative estimate of drug-likeness (QED) is 0.397. The van der Waals surface area contributed by atoms with Crippen molar-refractivity contribution in [2.75, 3.05) is 0 Å². The van der Waals surface area contributed by atoms with Gasteiger partial charge in [-0.15, -0.1) is 0 Å². The molecule has 0 radical (unpaired) electrons. The summed E-state index contributed by atoms with van der Waals surface area (Å²) in [7, 11) is 0. The van der Waals surface area contributed by atoms with Crippen LogP contribution in [0.1, 0.15) is 106 Å². The van der Waals surface area contributed by atoms with Crippen LogP contribution in [0.15, 0.2) is 11.6 Å². The average Bonchev–Trinajstić information content (AvgIpc) is 2.73. The Morgan fingerprint density at radius 1 is 0.824 bits per heavy atom. The van der Waals surface area contributed by atoms with E-state index in [-0.39, 0.29) is 39.1 Å². The Morgan fingerprint density at radius 2 is 1.50 bits per heavy atom. The van der Waals surface area contributed by atoms with Crippen molar-refractivity contribution in [1.29, 1.82) is 0 Å². The van der Waals surface area contributed by atoms with Gasteiger partial charge in [0.2, 0.25) is 0 Å². The number of carboxylic acid groups (broad SMARTS) is 1. The van der Waals surface area contributed by atoms with Crippen LogP contribution in [0.4, 0.5) is 0 Å². The standard InChI is InChI=1S/C30H48O4/c1-25(2)16-19-18-8-9-20-27(4)12-11-22(31)30(7,24(33)34)21(27)10-13-29(20,6)28(18,5)15-14-26(19,3)23(32)17-25/h8,19-23,31-32H,9-17H2,1-7H3,(H,33,34)/t19-,20?,21+,22-,23+,26+,27+,28+,29+,30+/m0/s1. The molecule has 10 atom stereocenters. The summed E-state index contributed by atoms with van der Waals surface area (Å²) in [5.41, 5.74) is 0.743. The molecule has 0 aliphatic heterocycles. The first-order valence-corrected chi connectivity index (χ1v) is 13.9. The Labute approximate surface area is 206 Å². The Morgan fingerprint density at radius 3 is 2.15 bits per heavy atom. The van der Waals surface area contributed by atoms with Gasteiger partial charge in [-0.1, -0.05) is 53.2 Å². The lowest BCUT2D eigenvalue weighted by atomic mass is 9.33. The number of hydrogen-bond acceptors (Lipinski definition) is 3. The van der Waals surface area contributed by atoms with E-state index in [2.05, 4.69) is 47.6 Å². The molecule has 4 nitrogen and oxygen atoms in total. The van der Waals surface area contributed by atoms with Gasteiger partial charge in [-0.3, -0.25) is 4.79 Å². The Balaban J connectivity index is 1.59. The van der Waals surface area contributed by atoms with Crippen molar-refractivity contribution >= 4 is 5.97 Å². The first kappa shape index (κ1) is 24.8. The Hall–Kier alpha value is -0.870. The van der Waals surface area contributed by atoms with Gasteiger partial charge in [0.25, 0.3) is 0 Å². The second-order valence-corrected chi connectivity index (χ2v) is 15.1. The number of aliphatic carboxylic acids is 1. The summed E-state index contributed by atoms with van der Waals surface area (Å²) in [5.74, 6) is 0.0159. The third-order valence-corrected chi connectivity index (χ3v) is 13.2. The van der Waals surface area contributed by atoms with Gasteiger partial charge in [0.1, 0.15) is 0 Å². The van der Waals surface area contributed by atoms with E-state index in [9.17, 15) is 20.1 Å². The van der Waals surface area contributed by atoms with E-state index in [4.69, 9.17) is 0 Å². The molecule has 4 heteroatoms.